The average molecular weight is 1220 g/mol. The molecule has 0 N–H and O–H groups in total. The van der Waals surface area contributed by atoms with E-state index in [1.54, 1.807) is 0 Å². The van der Waals surface area contributed by atoms with Gasteiger partial charge in [0.15, 0.2) is 0 Å². The summed E-state index contributed by atoms with van der Waals surface area (Å²) in [6.07, 6.45) is 0. The average Bonchev–Trinajstić information content (AvgIpc) is 1.08. The molecule has 0 aromatic heterocycles. The number of fused-ring (bicyclic) bond motifs is 22. The predicted octanol–water partition coefficient (Wildman–Crippen LogP) is 26.2. The zero-order valence-electron chi connectivity index (χ0n) is 55.4. The maximum absolute atomic E-state index is 2.60. The molecule has 96 heavy (non-hydrogen) atoms. The zero-order valence-corrected chi connectivity index (χ0v) is 55.4. The van der Waals surface area contributed by atoms with Gasteiger partial charge >= 0.3 is 0 Å². The molecule has 0 nitrogen and oxygen atoms in total. The predicted molar refractivity (Wildman–Crippen MR) is 410 cm³/mol. The summed E-state index contributed by atoms with van der Waals surface area (Å²) in [7, 11) is 0. The summed E-state index contributed by atoms with van der Waals surface area (Å²) < 4.78 is 0. The van der Waals surface area contributed by atoms with E-state index < -0.39 is 0 Å². The lowest BCUT2D eigenvalue weighted by molar-refractivity contribution is 0.661. The second-order valence-corrected chi connectivity index (χ2v) is 30.5. The van der Waals surface area contributed by atoms with E-state index >= 15 is 0 Å². The third-order valence-electron chi connectivity index (χ3n) is 24.3. The maximum atomic E-state index is 2.60. The van der Waals surface area contributed by atoms with Gasteiger partial charge in [-0.2, -0.15) is 0 Å². The molecule has 17 aromatic rings. The monoisotopic (exact) mass is 1220 g/mol. The van der Waals surface area contributed by atoms with Crippen molar-refractivity contribution < 1.29 is 0 Å². The van der Waals surface area contributed by atoms with Crippen molar-refractivity contribution in [2.24, 2.45) is 0 Å². The Morgan fingerprint density at radius 3 is 0.625 bits per heavy atom. The van der Waals surface area contributed by atoms with E-state index in [-0.39, 0.29) is 21.7 Å². The molecule has 0 unspecified atom stereocenters. The number of rotatable bonds is 4. The van der Waals surface area contributed by atoms with E-state index in [9.17, 15) is 0 Å². The molecular weight excluding hydrogens is 1150 g/mol. The van der Waals surface area contributed by atoms with Gasteiger partial charge in [-0.3, -0.25) is 0 Å². The van der Waals surface area contributed by atoms with Gasteiger partial charge in [0.2, 0.25) is 0 Å². The van der Waals surface area contributed by atoms with Gasteiger partial charge in [-0.25, -0.2) is 0 Å². The van der Waals surface area contributed by atoms with Gasteiger partial charge in [-0.1, -0.05) is 274 Å². The summed E-state index contributed by atoms with van der Waals surface area (Å²) in [5.41, 5.74) is 31.2. The lowest BCUT2D eigenvalue weighted by Crippen LogP contribution is -2.14. The first kappa shape index (κ1) is 54.5. The minimum absolute atomic E-state index is 0.201. The molecule has 0 saturated carbocycles. The Bertz CT molecular complexity index is 5660. The SMILES string of the molecule is CC1(C)c2cccc(-c3cc4cc(-c5cccc6c5-c5c(ccc7ccccc57)C6(C)C)cc5c6cc(-c7cccc8c7-c7c(ccc9ccccc79)C8(C)C)cc7cc(-c8cccc9c8-c8c(ccc%10ccccc8%10)C9(C)C)cc(c(c3)c45)c76)c2-c2c1ccc1ccccc21. The van der Waals surface area contributed by atoms with Gasteiger partial charge in [0.05, 0.1) is 0 Å². The molecule has 4 aliphatic rings. The van der Waals surface area contributed by atoms with Crippen LogP contribution in [0.3, 0.4) is 0 Å². The quantitative estimate of drug-likeness (QED) is 0.122. The van der Waals surface area contributed by atoms with Crippen LogP contribution in [0.25, 0.3) is 175 Å². The summed E-state index contributed by atoms with van der Waals surface area (Å²) >= 11 is 0. The first-order valence-electron chi connectivity index (χ1n) is 34.5. The number of benzene rings is 17. The largest absolute Gasteiger partial charge is 0.0616 e. The van der Waals surface area contributed by atoms with Crippen molar-refractivity contribution in [3.05, 3.63) is 311 Å². The second kappa shape index (κ2) is 18.5. The molecule has 21 rings (SSSR count). The van der Waals surface area contributed by atoms with Crippen LogP contribution in [0.15, 0.2) is 267 Å². The molecular formula is C96H68. The highest BCUT2D eigenvalue weighted by atomic mass is 14.5. The van der Waals surface area contributed by atoms with E-state index in [0.717, 1.165) is 0 Å². The van der Waals surface area contributed by atoms with Crippen LogP contribution < -0.4 is 0 Å². The highest BCUT2D eigenvalue weighted by molar-refractivity contribution is 6.36. The van der Waals surface area contributed by atoms with E-state index in [2.05, 4.69) is 322 Å². The van der Waals surface area contributed by atoms with Crippen LogP contribution in [0.4, 0.5) is 0 Å². The van der Waals surface area contributed by atoms with Crippen molar-refractivity contribution in [2.75, 3.05) is 0 Å². The molecule has 0 radical (unpaired) electrons. The Kier molecular flexibility index (Phi) is 10.5. The van der Waals surface area contributed by atoms with E-state index in [1.807, 2.05) is 0 Å². The first-order chi connectivity index (χ1) is 46.6. The van der Waals surface area contributed by atoms with Crippen molar-refractivity contribution in [3.8, 4) is 89.0 Å². The fraction of sp³-hybridized carbons (Fsp3) is 0.125. The fourth-order valence-corrected chi connectivity index (χ4v) is 19.7. The van der Waals surface area contributed by atoms with Crippen molar-refractivity contribution in [3.63, 3.8) is 0 Å². The summed E-state index contributed by atoms with van der Waals surface area (Å²) in [5.74, 6) is 0. The van der Waals surface area contributed by atoms with Crippen LogP contribution in [-0.2, 0) is 21.7 Å². The highest BCUT2D eigenvalue weighted by Crippen LogP contribution is 2.61. The van der Waals surface area contributed by atoms with Gasteiger partial charge in [0.25, 0.3) is 0 Å². The van der Waals surface area contributed by atoms with E-state index in [1.165, 1.54) is 220 Å². The minimum atomic E-state index is -0.201. The van der Waals surface area contributed by atoms with Crippen LogP contribution in [0.2, 0.25) is 0 Å². The minimum Gasteiger partial charge on any atom is -0.0616 e. The Hall–Kier alpha value is -10.9. The standard InChI is InChI=1S/C96H68/c1-93(2)75-33-17-29-67(89(75)85-63-25-13-9-21-53(63)37-41-79(85)93)57-45-61-46-58(68-30-18-34-76-90(68)86-64-26-14-10-22-54(64)38-42-80(86)94(76,3)4)51-73-74-52-60(70-32-20-36-78-92(70)88-66-28-16-12-24-56(66)40-44-82(88)96(78,7)8)48-62-47-59(50-72(84(62)74)71(49-57)83(61)73)69-31-19-35-77-91(69)87-65-27-15-11-23-55(65)39-43-81(87)95(77,5)6/h9-52H,1-8H3. The third-order valence-corrected chi connectivity index (χ3v) is 24.3. The lowest BCUT2D eigenvalue weighted by Gasteiger charge is -2.23. The third kappa shape index (κ3) is 6.89. The summed E-state index contributed by atoms with van der Waals surface area (Å²) in [4.78, 5) is 0. The number of hydrogen-bond donors (Lipinski definition) is 0. The summed E-state index contributed by atoms with van der Waals surface area (Å²) in [6.45, 7) is 19.5. The van der Waals surface area contributed by atoms with Crippen molar-refractivity contribution in [1.29, 1.82) is 0 Å². The summed E-state index contributed by atoms with van der Waals surface area (Å²) in [6, 6.07) is 104. The number of hydrogen-bond acceptors (Lipinski definition) is 0. The molecule has 17 aromatic carbocycles. The van der Waals surface area contributed by atoms with Crippen LogP contribution in [0.1, 0.15) is 99.9 Å². The van der Waals surface area contributed by atoms with Crippen LogP contribution in [0.5, 0.6) is 0 Å². The Morgan fingerprint density at radius 1 is 0.167 bits per heavy atom. The van der Waals surface area contributed by atoms with Gasteiger partial charge in [-0.15, -0.1) is 0 Å². The van der Waals surface area contributed by atoms with Crippen molar-refractivity contribution >= 4 is 86.2 Å². The first-order valence-corrected chi connectivity index (χ1v) is 34.5. The van der Waals surface area contributed by atoms with Crippen LogP contribution in [-0.4, -0.2) is 0 Å². The van der Waals surface area contributed by atoms with Crippen molar-refractivity contribution in [1.82, 2.24) is 0 Å². The van der Waals surface area contributed by atoms with E-state index in [0.29, 0.717) is 0 Å². The molecule has 0 aliphatic heterocycles. The van der Waals surface area contributed by atoms with E-state index in [4.69, 9.17) is 0 Å². The van der Waals surface area contributed by atoms with Gasteiger partial charge in [0, 0.05) is 21.7 Å². The molecule has 0 saturated heterocycles. The maximum Gasteiger partial charge on any atom is 0.0159 e. The molecule has 0 fully saturated rings. The Morgan fingerprint density at radius 2 is 0.385 bits per heavy atom. The second-order valence-electron chi connectivity index (χ2n) is 30.5. The molecule has 0 spiro atoms. The van der Waals surface area contributed by atoms with Crippen molar-refractivity contribution in [2.45, 2.75) is 77.0 Å². The smallest absolute Gasteiger partial charge is 0.0159 e. The molecule has 0 bridgehead atoms. The molecule has 0 atom stereocenters. The molecule has 0 amide bonds. The van der Waals surface area contributed by atoms with Gasteiger partial charge in [0.1, 0.15) is 0 Å². The Balaban J connectivity index is 0.928. The molecule has 4 aliphatic carbocycles. The molecule has 0 heteroatoms. The van der Waals surface area contributed by atoms with Gasteiger partial charge < -0.3 is 0 Å². The highest BCUT2D eigenvalue weighted by Gasteiger charge is 2.43. The normalized spacial score (nSPS) is 15.4. The topological polar surface area (TPSA) is 0 Å². The molecule has 452 valence electrons. The Labute approximate surface area is 560 Å². The zero-order chi connectivity index (χ0) is 64.2. The van der Waals surface area contributed by atoms with Gasteiger partial charge in [-0.05, 0) is 268 Å². The lowest BCUT2D eigenvalue weighted by atomic mass is 9.80. The van der Waals surface area contributed by atoms with Crippen LogP contribution in [0, 0.1) is 0 Å². The van der Waals surface area contributed by atoms with Crippen LogP contribution >= 0.6 is 0 Å². The summed E-state index contributed by atoms with van der Waals surface area (Å²) in [5, 5.41) is 20.5. The molecule has 0 heterocycles. The fourth-order valence-electron chi connectivity index (χ4n) is 19.7.